The van der Waals surface area contributed by atoms with Crippen LogP contribution in [0.15, 0.2) is 54.6 Å². The molecule has 0 aliphatic rings. The van der Waals surface area contributed by atoms with Gasteiger partial charge in [0, 0.05) is 16.8 Å². The molecule has 29 heavy (non-hydrogen) atoms. The SMILES string of the molecule is CC(=O)c1c(C)nn(C[C@H](O)COc2ccc(C(=O)c3ccccc3)cc2)c1C. The van der Waals surface area contributed by atoms with Crippen LogP contribution in [0, 0.1) is 13.8 Å². The highest BCUT2D eigenvalue weighted by molar-refractivity contribution is 6.08. The van der Waals surface area contributed by atoms with Crippen LogP contribution in [0.3, 0.4) is 0 Å². The number of aliphatic hydroxyl groups excluding tert-OH is 1. The van der Waals surface area contributed by atoms with Gasteiger partial charge in [-0.3, -0.25) is 14.3 Å². The quantitative estimate of drug-likeness (QED) is 0.595. The maximum atomic E-state index is 12.4. The third-order valence-electron chi connectivity index (χ3n) is 4.71. The second-order valence-electron chi connectivity index (χ2n) is 6.97. The standard InChI is InChI=1S/C23H24N2O4/c1-15-22(17(3)26)16(2)25(24-15)13-20(27)14-29-21-11-9-19(10-12-21)23(28)18-7-5-4-6-8-18/h4-12,20,27H,13-14H2,1-3H3/t20-/m0/s1. The third kappa shape index (κ3) is 4.78. The van der Waals surface area contributed by atoms with E-state index in [0.29, 0.717) is 28.1 Å². The number of ether oxygens (including phenoxy) is 1. The number of carbonyl (C=O) groups excluding carboxylic acids is 2. The molecule has 1 N–H and O–H groups in total. The number of benzene rings is 2. The summed E-state index contributed by atoms with van der Waals surface area (Å²) < 4.78 is 7.26. The molecule has 1 heterocycles. The van der Waals surface area contributed by atoms with Crippen molar-refractivity contribution in [2.75, 3.05) is 6.61 Å². The summed E-state index contributed by atoms with van der Waals surface area (Å²) in [6.07, 6.45) is -0.793. The van der Waals surface area contributed by atoms with E-state index in [1.807, 2.05) is 25.1 Å². The first-order valence-corrected chi connectivity index (χ1v) is 9.42. The number of aliphatic hydroxyl groups is 1. The first-order chi connectivity index (χ1) is 13.9. The van der Waals surface area contributed by atoms with Crippen LogP contribution >= 0.6 is 0 Å². The Morgan fingerprint density at radius 1 is 1.03 bits per heavy atom. The van der Waals surface area contributed by atoms with Gasteiger partial charge in [0.25, 0.3) is 0 Å². The van der Waals surface area contributed by atoms with E-state index in [-0.39, 0.29) is 24.7 Å². The highest BCUT2D eigenvalue weighted by Crippen LogP contribution is 2.17. The van der Waals surface area contributed by atoms with Crippen molar-refractivity contribution in [1.29, 1.82) is 0 Å². The van der Waals surface area contributed by atoms with Crippen molar-refractivity contribution < 1.29 is 19.4 Å². The molecule has 0 radical (unpaired) electrons. The molecule has 0 saturated heterocycles. The Morgan fingerprint density at radius 3 is 2.24 bits per heavy atom. The van der Waals surface area contributed by atoms with Crippen molar-refractivity contribution in [3.8, 4) is 5.75 Å². The molecule has 0 aliphatic heterocycles. The molecule has 3 rings (SSSR count). The molecule has 3 aromatic rings. The van der Waals surface area contributed by atoms with E-state index in [2.05, 4.69) is 5.10 Å². The summed E-state index contributed by atoms with van der Waals surface area (Å²) in [4.78, 5) is 24.1. The van der Waals surface area contributed by atoms with Gasteiger partial charge in [0.1, 0.15) is 18.5 Å². The average molecular weight is 392 g/mol. The zero-order valence-electron chi connectivity index (χ0n) is 16.8. The van der Waals surface area contributed by atoms with Crippen molar-refractivity contribution in [2.24, 2.45) is 0 Å². The number of rotatable bonds is 8. The van der Waals surface area contributed by atoms with Crippen LogP contribution in [0.25, 0.3) is 0 Å². The van der Waals surface area contributed by atoms with Crippen LogP contribution in [0.1, 0.15) is 44.6 Å². The van der Waals surface area contributed by atoms with Crippen molar-refractivity contribution in [3.63, 3.8) is 0 Å². The number of ketones is 2. The summed E-state index contributed by atoms with van der Waals surface area (Å²) in [7, 11) is 0. The molecule has 150 valence electrons. The summed E-state index contributed by atoms with van der Waals surface area (Å²) in [6.45, 7) is 5.39. The highest BCUT2D eigenvalue weighted by atomic mass is 16.5. The van der Waals surface area contributed by atoms with E-state index in [1.54, 1.807) is 48.0 Å². The van der Waals surface area contributed by atoms with Gasteiger partial charge >= 0.3 is 0 Å². The van der Waals surface area contributed by atoms with E-state index < -0.39 is 6.10 Å². The van der Waals surface area contributed by atoms with Gasteiger partial charge in [0.2, 0.25) is 0 Å². The van der Waals surface area contributed by atoms with Crippen LogP contribution in [-0.2, 0) is 6.54 Å². The molecule has 0 fully saturated rings. The number of hydrogen-bond acceptors (Lipinski definition) is 5. The topological polar surface area (TPSA) is 81.4 Å². The number of Topliss-reactive ketones (excluding diaryl/α,β-unsaturated/α-hetero) is 1. The summed E-state index contributed by atoms with van der Waals surface area (Å²) in [5, 5.41) is 14.6. The Labute approximate surface area is 169 Å². The minimum absolute atomic E-state index is 0.0397. The Morgan fingerprint density at radius 2 is 1.66 bits per heavy atom. The van der Waals surface area contributed by atoms with Crippen molar-refractivity contribution >= 4 is 11.6 Å². The molecule has 6 heteroatoms. The molecule has 2 aromatic carbocycles. The largest absolute Gasteiger partial charge is 0.491 e. The van der Waals surface area contributed by atoms with Crippen LogP contribution < -0.4 is 4.74 Å². The molecule has 1 atom stereocenters. The van der Waals surface area contributed by atoms with Crippen molar-refractivity contribution in [3.05, 3.63) is 82.7 Å². The molecule has 0 spiro atoms. The minimum atomic E-state index is -0.793. The first-order valence-electron chi connectivity index (χ1n) is 9.42. The molecule has 0 amide bonds. The second kappa shape index (κ2) is 8.84. The Balaban J connectivity index is 1.58. The fourth-order valence-corrected chi connectivity index (χ4v) is 3.29. The molecule has 1 aromatic heterocycles. The van der Waals surface area contributed by atoms with Crippen LogP contribution in [-0.4, -0.2) is 39.2 Å². The lowest BCUT2D eigenvalue weighted by molar-refractivity contribution is 0.0884. The predicted octanol–water partition coefficient (Wildman–Crippen LogP) is 3.37. The van der Waals surface area contributed by atoms with Gasteiger partial charge in [-0.25, -0.2) is 0 Å². The second-order valence-corrected chi connectivity index (χ2v) is 6.97. The Bertz CT molecular complexity index is 1010. The van der Waals surface area contributed by atoms with E-state index >= 15 is 0 Å². The van der Waals surface area contributed by atoms with Crippen LogP contribution in [0.2, 0.25) is 0 Å². The number of nitrogens with zero attached hydrogens (tertiary/aromatic N) is 2. The molecule has 0 bridgehead atoms. The monoisotopic (exact) mass is 392 g/mol. The fraction of sp³-hybridized carbons (Fsp3) is 0.261. The summed E-state index contributed by atoms with van der Waals surface area (Å²) in [5.74, 6) is 0.469. The van der Waals surface area contributed by atoms with Gasteiger partial charge in [0.05, 0.1) is 17.8 Å². The van der Waals surface area contributed by atoms with E-state index in [9.17, 15) is 14.7 Å². The zero-order chi connectivity index (χ0) is 21.0. The summed E-state index contributed by atoms with van der Waals surface area (Å²) in [6, 6.07) is 15.9. The van der Waals surface area contributed by atoms with Crippen LogP contribution in [0.4, 0.5) is 0 Å². The van der Waals surface area contributed by atoms with E-state index in [4.69, 9.17) is 4.74 Å². The third-order valence-corrected chi connectivity index (χ3v) is 4.71. The highest BCUT2D eigenvalue weighted by Gasteiger charge is 2.17. The normalized spacial score (nSPS) is 11.9. The van der Waals surface area contributed by atoms with Gasteiger partial charge < -0.3 is 9.84 Å². The lowest BCUT2D eigenvalue weighted by Gasteiger charge is -2.14. The maximum absolute atomic E-state index is 12.4. The molecule has 0 aliphatic carbocycles. The number of hydrogen-bond donors (Lipinski definition) is 1. The maximum Gasteiger partial charge on any atom is 0.193 e. The van der Waals surface area contributed by atoms with Gasteiger partial charge in [0.15, 0.2) is 11.6 Å². The lowest BCUT2D eigenvalue weighted by Crippen LogP contribution is -2.25. The van der Waals surface area contributed by atoms with Gasteiger partial charge in [-0.15, -0.1) is 0 Å². The lowest BCUT2D eigenvalue weighted by atomic mass is 10.0. The van der Waals surface area contributed by atoms with Crippen molar-refractivity contribution in [2.45, 2.75) is 33.4 Å². The number of aromatic nitrogens is 2. The van der Waals surface area contributed by atoms with Gasteiger partial charge in [-0.1, -0.05) is 30.3 Å². The van der Waals surface area contributed by atoms with E-state index in [1.165, 1.54) is 6.92 Å². The summed E-state index contributed by atoms with van der Waals surface area (Å²) >= 11 is 0. The summed E-state index contributed by atoms with van der Waals surface area (Å²) in [5.41, 5.74) is 3.19. The number of carbonyl (C=O) groups is 2. The number of aryl methyl sites for hydroxylation is 1. The fourth-order valence-electron chi connectivity index (χ4n) is 3.29. The van der Waals surface area contributed by atoms with E-state index in [0.717, 1.165) is 5.69 Å². The Kier molecular flexibility index (Phi) is 6.24. The molecule has 0 unspecified atom stereocenters. The molecular formula is C23H24N2O4. The Hall–Kier alpha value is -3.25. The molecular weight excluding hydrogens is 368 g/mol. The van der Waals surface area contributed by atoms with Gasteiger partial charge in [-0.05, 0) is 45.0 Å². The molecule has 6 nitrogen and oxygen atoms in total. The average Bonchev–Trinajstić information content (AvgIpc) is 3.00. The predicted molar refractivity (Wildman–Crippen MR) is 110 cm³/mol. The van der Waals surface area contributed by atoms with Crippen molar-refractivity contribution in [1.82, 2.24) is 9.78 Å². The molecule has 0 saturated carbocycles. The zero-order valence-corrected chi connectivity index (χ0v) is 16.8. The smallest absolute Gasteiger partial charge is 0.193 e. The van der Waals surface area contributed by atoms with Crippen LogP contribution in [0.5, 0.6) is 5.75 Å². The minimum Gasteiger partial charge on any atom is -0.491 e. The van der Waals surface area contributed by atoms with Gasteiger partial charge in [-0.2, -0.15) is 5.10 Å². The first kappa shape index (κ1) is 20.5.